The Morgan fingerprint density at radius 1 is 0.552 bits per heavy atom. The lowest BCUT2D eigenvalue weighted by Gasteiger charge is -2.34. The second kappa shape index (κ2) is 7.26. The fourth-order valence-electron chi connectivity index (χ4n) is 4.62. The van der Waals surface area contributed by atoms with E-state index in [4.69, 9.17) is 7.85 Å². The van der Waals surface area contributed by atoms with Crippen LogP contribution in [0.5, 0.6) is 0 Å². The van der Waals surface area contributed by atoms with E-state index in [1.807, 2.05) is 6.07 Å². The minimum absolute atomic E-state index is 0.461. The molecule has 29 heavy (non-hydrogen) atoms. The van der Waals surface area contributed by atoms with Crippen LogP contribution in [0.4, 0.5) is 0 Å². The Morgan fingerprint density at radius 3 is 1.52 bits per heavy atom. The molecule has 5 rings (SSSR count). The largest absolute Gasteiger partial charge is 0.113 e. The molecule has 4 heteroatoms. The predicted molar refractivity (Wildman–Crippen MR) is 132 cm³/mol. The number of benzene rings is 4. The molecular formula is C25H14BBr3. The summed E-state index contributed by atoms with van der Waals surface area (Å²) in [6.45, 7) is 0. The molecule has 4 aromatic carbocycles. The lowest BCUT2D eigenvalue weighted by atomic mass is 9.67. The maximum absolute atomic E-state index is 6.32. The summed E-state index contributed by atoms with van der Waals surface area (Å²) in [5.74, 6) is 0. The highest BCUT2D eigenvalue weighted by Crippen LogP contribution is 2.56. The molecule has 0 amide bonds. The lowest BCUT2D eigenvalue weighted by molar-refractivity contribution is 0.767. The van der Waals surface area contributed by atoms with Crippen molar-refractivity contribution in [1.29, 1.82) is 0 Å². The number of hydrogen-bond acceptors (Lipinski definition) is 0. The molecule has 0 heterocycles. The first-order valence-electron chi connectivity index (χ1n) is 9.22. The molecular weight excluding hydrogens is 551 g/mol. The summed E-state index contributed by atoms with van der Waals surface area (Å²) in [7, 11) is 6.32. The summed E-state index contributed by atoms with van der Waals surface area (Å²) in [5, 5.41) is 0. The van der Waals surface area contributed by atoms with Crippen molar-refractivity contribution in [3.63, 3.8) is 0 Å². The zero-order valence-electron chi connectivity index (χ0n) is 15.3. The van der Waals surface area contributed by atoms with E-state index in [1.54, 1.807) is 0 Å². The highest BCUT2D eigenvalue weighted by molar-refractivity contribution is 9.11. The van der Waals surface area contributed by atoms with Gasteiger partial charge in [0.15, 0.2) is 0 Å². The van der Waals surface area contributed by atoms with Gasteiger partial charge in [-0.3, -0.25) is 0 Å². The Balaban J connectivity index is 2.00. The molecule has 2 radical (unpaired) electrons. The fraction of sp³-hybridized carbons (Fsp3) is 0.0400. The molecule has 0 saturated heterocycles. The van der Waals surface area contributed by atoms with E-state index in [9.17, 15) is 0 Å². The van der Waals surface area contributed by atoms with E-state index in [0.29, 0.717) is 0 Å². The molecule has 0 aliphatic heterocycles. The molecule has 0 aromatic heterocycles. The van der Waals surface area contributed by atoms with Crippen molar-refractivity contribution in [3.05, 3.63) is 121 Å². The van der Waals surface area contributed by atoms with Gasteiger partial charge in [-0.15, -0.1) is 0 Å². The summed E-state index contributed by atoms with van der Waals surface area (Å²) >= 11 is 11.1. The third-order valence-corrected chi connectivity index (χ3v) is 6.97. The van der Waals surface area contributed by atoms with Gasteiger partial charge in [0.25, 0.3) is 0 Å². The van der Waals surface area contributed by atoms with Gasteiger partial charge in [0.05, 0.1) is 5.41 Å². The molecule has 138 valence electrons. The van der Waals surface area contributed by atoms with Crippen LogP contribution < -0.4 is 5.46 Å². The summed E-state index contributed by atoms with van der Waals surface area (Å²) < 4.78 is 3.04. The maximum Gasteiger partial charge on any atom is 0.113 e. The van der Waals surface area contributed by atoms with Crippen molar-refractivity contribution in [2.45, 2.75) is 5.41 Å². The van der Waals surface area contributed by atoms with Crippen LogP contribution in [-0.4, -0.2) is 7.85 Å². The SMILES string of the molecule is [B]c1cc(Br)cc(C2(c3cc(Br)cc(Br)c3)c3ccccc3-c3ccccc32)c1. The molecule has 0 spiro atoms. The molecule has 0 nitrogen and oxygen atoms in total. The van der Waals surface area contributed by atoms with Crippen LogP contribution in [-0.2, 0) is 5.41 Å². The van der Waals surface area contributed by atoms with Gasteiger partial charge in [-0.05, 0) is 57.6 Å². The Kier molecular flexibility index (Phi) is 4.85. The molecule has 0 bridgehead atoms. The van der Waals surface area contributed by atoms with Crippen molar-refractivity contribution in [2.75, 3.05) is 0 Å². The van der Waals surface area contributed by atoms with Gasteiger partial charge < -0.3 is 0 Å². The molecule has 4 aromatic rings. The monoisotopic (exact) mass is 562 g/mol. The Bertz CT molecular complexity index is 1120. The van der Waals surface area contributed by atoms with Gasteiger partial charge in [0.2, 0.25) is 0 Å². The number of halogens is 3. The molecule has 0 atom stereocenters. The topological polar surface area (TPSA) is 0 Å². The van der Waals surface area contributed by atoms with Crippen LogP contribution >= 0.6 is 47.8 Å². The zero-order chi connectivity index (χ0) is 20.2. The summed E-state index contributed by atoms with van der Waals surface area (Å²) in [6.07, 6.45) is 0. The van der Waals surface area contributed by atoms with Crippen molar-refractivity contribution >= 4 is 61.1 Å². The Hall–Kier alpha value is -1.62. The minimum atomic E-state index is -0.461. The first-order valence-corrected chi connectivity index (χ1v) is 11.6. The van der Waals surface area contributed by atoms with Gasteiger partial charge in [0.1, 0.15) is 7.85 Å². The van der Waals surface area contributed by atoms with Gasteiger partial charge in [-0.1, -0.05) is 114 Å². The predicted octanol–water partition coefficient (Wildman–Crippen LogP) is 7.13. The highest BCUT2D eigenvalue weighted by Gasteiger charge is 2.46. The van der Waals surface area contributed by atoms with Crippen LogP contribution in [0.25, 0.3) is 11.1 Å². The molecule has 0 saturated carbocycles. The van der Waals surface area contributed by atoms with Crippen molar-refractivity contribution < 1.29 is 0 Å². The maximum atomic E-state index is 6.32. The van der Waals surface area contributed by atoms with E-state index in [0.717, 1.165) is 24.4 Å². The Morgan fingerprint density at radius 2 is 1.00 bits per heavy atom. The number of rotatable bonds is 2. The molecule has 1 aliphatic rings. The van der Waals surface area contributed by atoms with Crippen molar-refractivity contribution in [2.24, 2.45) is 0 Å². The van der Waals surface area contributed by atoms with E-state index < -0.39 is 5.41 Å². The third-order valence-electron chi connectivity index (χ3n) is 5.60. The van der Waals surface area contributed by atoms with Gasteiger partial charge in [0, 0.05) is 13.4 Å². The Labute approximate surface area is 197 Å². The smallest absolute Gasteiger partial charge is 0.0952 e. The van der Waals surface area contributed by atoms with Crippen LogP contribution in [0.15, 0.2) is 98.3 Å². The average Bonchev–Trinajstić information content (AvgIpc) is 2.98. The van der Waals surface area contributed by atoms with E-state index in [2.05, 4.69) is 127 Å². The second-order valence-corrected chi connectivity index (χ2v) is 10.0. The van der Waals surface area contributed by atoms with E-state index >= 15 is 0 Å². The van der Waals surface area contributed by atoms with E-state index in [1.165, 1.54) is 27.8 Å². The van der Waals surface area contributed by atoms with Gasteiger partial charge in [-0.2, -0.15) is 0 Å². The van der Waals surface area contributed by atoms with Crippen LogP contribution in [0.3, 0.4) is 0 Å². The minimum Gasteiger partial charge on any atom is -0.0952 e. The quantitative estimate of drug-likeness (QED) is 0.200. The average molecular weight is 565 g/mol. The van der Waals surface area contributed by atoms with Gasteiger partial charge in [-0.25, -0.2) is 0 Å². The number of fused-ring (bicyclic) bond motifs is 3. The van der Waals surface area contributed by atoms with Crippen LogP contribution in [0.2, 0.25) is 0 Å². The molecule has 1 aliphatic carbocycles. The summed E-state index contributed by atoms with van der Waals surface area (Å²) in [5.41, 5.74) is 7.67. The van der Waals surface area contributed by atoms with Crippen molar-refractivity contribution in [1.82, 2.24) is 0 Å². The van der Waals surface area contributed by atoms with Crippen LogP contribution in [0, 0.1) is 0 Å². The molecule has 0 fully saturated rings. The fourth-order valence-corrected chi connectivity index (χ4v) is 6.43. The van der Waals surface area contributed by atoms with Crippen LogP contribution in [0.1, 0.15) is 22.3 Å². The van der Waals surface area contributed by atoms with E-state index in [-0.39, 0.29) is 0 Å². The normalized spacial score (nSPS) is 13.8. The first-order chi connectivity index (χ1) is 14.0. The zero-order valence-corrected chi connectivity index (χ0v) is 20.1. The first kappa shape index (κ1) is 19.4. The molecule has 0 unspecified atom stereocenters. The van der Waals surface area contributed by atoms with Gasteiger partial charge >= 0.3 is 0 Å². The highest BCUT2D eigenvalue weighted by atomic mass is 79.9. The second-order valence-electron chi connectivity index (χ2n) is 7.27. The standard InChI is InChI=1S/C25H14BBr3/c26-17-9-15(10-18(27)13-17)25(16-11-19(28)14-20(29)12-16)23-7-3-1-5-21(23)22-6-2-4-8-24(22)25/h1-14H. The summed E-state index contributed by atoms with van der Waals surface area (Å²) in [4.78, 5) is 0. The molecule has 0 N–H and O–H groups in total. The summed E-state index contributed by atoms with van der Waals surface area (Å²) in [6, 6.07) is 30.1. The van der Waals surface area contributed by atoms with Crippen molar-refractivity contribution in [3.8, 4) is 11.1 Å². The number of hydrogen-bond donors (Lipinski definition) is 0. The lowest BCUT2D eigenvalue weighted by Crippen LogP contribution is -2.30. The third kappa shape index (κ3) is 2.99.